The molecule has 0 spiro atoms. The molecule has 0 aromatic heterocycles. The average Bonchev–Trinajstić information content (AvgIpc) is 2.27. The molecule has 0 aliphatic heterocycles. The monoisotopic (exact) mass is 230 g/mol. The largest absolute Gasteiger partial charge is 0.463 e. The van der Waals surface area contributed by atoms with Crippen molar-refractivity contribution in [2.45, 2.75) is 71.3 Å². The van der Waals surface area contributed by atoms with Crippen LogP contribution in [0.3, 0.4) is 0 Å². The summed E-state index contributed by atoms with van der Waals surface area (Å²) in [5.41, 5.74) is 0. The summed E-state index contributed by atoms with van der Waals surface area (Å²) in [6.45, 7) is 4.08. The van der Waals surface area contributed by atoms with Gasteiger partial charge in [-0.1, -0.05) is 32.6 Å². The summed E-state index contributed by atoms with van der Waals surface area (Å²) in [7, 11) is 0. The second-order valence-corrected chi connectivity index (χ2v) is 4.29. The van der Waals surface area contributed by atoms with Gasteiger partial charge in [0.2, 0.25) is 0 Å². The van der Waals surface area contributed by atoms with Gasteiger partial charge in [0.25, 0.3) is 0 Å². The van der Waals surface area contributed by atoms with Crippen molar-refractivity contribution in [3.05, 3.63) is 0 Å². The Morgan fingerprint density at radius 1 is 1.12 bits per heavy atom. The summed E-state index contributed by atoms with van der Waals surface area (Å²) in [6, 6.07) is 0. The molecule has 0 amide bonds. The van der Waals surface area contributed by atoms with E-state index >= 15 is 0 Å². The lowest BCUT2D eigenvalue weighted by Gasteiger charge is -2.12. The third-order valence-electron chi connectivity index (χ3n) is 2.64. The Kier molecular flexibility index (Phi) is 10.5. The lowest BCUT2D eigenvalue weighted by molar-refractivity contribution is -0.148. The van der Waals surface area contributed by atoms with Gasteiger partial charge in [0.1, 0.15) is 0 Å². The molecule has 1 unspecified atom stereocenters. The SMILES string of the molecule is CCC(=O)OC(C)CCCCCCCCO. The molecule has 0 radical (unpaired) electrons. The number of ether oxygens (including phenoxy) is 1. The Hall–Kier alpha value is -0.570. The summed E-state index contributed by atoms with van der Waals surface area (Å²) in [6.07, 6.45) is 8.26. The summed E-state index contributed by atoms with van der Waals surface area (Å²) >= 11 is 0. The van der Waals surface area contributed by atoms with E-state index in [-0.39, 0.29) is 12.1 Å². The van der Waals surface area contributed by atoms with Gasteiger partial charge in [-0.05, 0) is 26.2 Å². The van der Waals surface area contributed by atoms with Crippen LogP contribution < -0.4 is 0 Å². The molecule has 0 saturated carbocycles. The molecule has 0 aliphatic carbocycles. The zero-order valence-electron chi connectivity index (χ0n) is 10.7. The molecule has 0 saturated heterocycles. The van der Waals surface area contributed by atoms with Crippen molar-refractivity contribution < 1.29 is 14.6 Å². The van der Waals surface area contributed by atoms with Gasteiger partial charge in [0.05, 0.1) is 6.10 Å². The van der Waals surface area contributed by atoms with E-state index in [2.05, 4.69) is 0 Å². The molecular weight excluding hydrogens is 204 g/mol. The fourth-order valence-corrected chi connectivity index (χ4v) is 1.62. The lowest BCUT2D eigenvalue weighted by atomic mass is 10.1. The number of hydrogen-bond acceptors (Lipinski definition) is 3. The number of rotatable bonds is 10. The van der Waals surface area contributed by atoms with Crippen LogP contribution in [0.2, 0.25) is 0 Å². The molecule has 3 nitrogen and oxygen atoms in total. The standard InChI is InChI=1S/C13H26O3/c1-3-13(15)16-12(2)10-8-6-4-5-7-9-11-14/h12,14H,3-11H2,1-2H3. The molecule has 0 aromatic rings. The van der Waals surface area contributed by atoms with Gasteiger partial charge >= 0.3 is 5.97 Å². The number of esters is 1. The van der Waals surface area contributed by atoms with Crippen molar-refractivity contribution in [3.63, 3.8) is 0 Å². The van der Waals surface area contributed by atoms with E-state index in [1.54, 1.807) is 0 Å². The first-order chi connectivity index (χ1) is 7.70. The van der Waals surface area contributed by atoms with Gasteiger partial charge in [-0.2, -0.15) is 0 Å². The number of hydrogen-bond donors (Lipinski definition) is 1. The first-order valence-corrected chi connectivity index (χ1v) is 6.51. The second-order valence-electron chi connectivity index (χ2n) is 4.29. The Morgan fingerprint density at radius 3 is 2.25 bits per heavy atom. The number of unbranched alkanes of at least 4 members (excludes halogenated alkanes) is 5. The molecule has 1 N–H and O–H groups in total. The predicted octanol–water partition coefficient (Wildman–Crippen LogP) is 3.05. The average molecular weight is 230 g/mol. The van der Waals surface area contributed by atoms with Crippen LogP contribution in [0.25, 0.3) is 0 Å². The van der Waals surface area contributed by atoms with E-state index in [0.717, 1.165) is 25.7 Å². The van der Waals surface area contributed by atoms with Crippen LogP contribution >= 0.6 is 0 Å². The number of aliphatic hydroxyl groups is 1. The van der Waals surface area contributed by atoms with E-state index in [4.69, 9.17) is 9.84 Å². The van der Waals surface area contributed by atoms with Crippen LogP contribution in [0.1, 0.15) is 65.2 Å². The van der Waals surface area contributed by atoms with Crippen LogP contribution in [0, 0.1) is 0 Å². The molecule has 0 aliphatic rings. The van der Waals surface area contributed by atoms with Crippen molar-refractivity contribution in [1.82, 2.24) is 0 Å². The molecule has 0 aromatic carbocycles. The van der Waals surface area contributed by atoms with Crippen molar-refractivity contribution in [3.8, 4) is 0 Å². The van der Waals surface area contributed by atoms with Crippen molar-refractivity contribution >= 4 is 5.97 Å². The highest BCUT2D eigenvalue weighted by atomic mass is 16.5. The minimum atomic E-state index is -0.101. The fraction of sp³-hybridized carbons (Fsp3) is 0.923. The van der Waals surface area contributed by atoms with E-state index in [9.17, 15) is 4.79 Å². The van der Waals surface area contributed by atoms with Crippen molar-refractivity contribution in [1.29, 1.82) is 0 Å². The predicted molar refractivity (Wildman–Crippen MR) is 65.2 cm³/mol. The molecular formula is C13H26O3. The Labute approximate surface area is 99.2 Å². The van der Waals surface area contributed by atoms with E-state index < -0.39 is 0 Å². The van der Waals surface area contributed by atoms with E-state index in [1.165, 1.54) is 19.3 Å². The van der Waals surface area contributed by atoms with Crippen LogP contribution in [0.4, 0.5) is 0 Å². The van der Waals surface area contributed by atoms with Gasteiger partial charge in [-0.15, -0.1) is 0 Å². The van der Waals surface area contributed by atoms with Gasteiger partial charge in [-0.25, -0.2) is 0 Å². The van der Waals surface area contributed by atoms with Gasteiger partial charge in [-0.3, -0.25) is 4.79 Å². The quantitative estimate of drug-likeness (QED) is 0.463. The van der Waals surface area contributed by atoms with E-state index in [1.807, 2.05) is 13.8 Å². The zero-order valence-corrected chi connectivity index (χ0v) is 10.7. The maximum absolute atomic E-state index is 11.0. The number of carbonyl (C=O) groups excluding carboxylic acids is 1. The first kappa shape index (κ1) is 15.4. The minimum Gasteiger partial charge on any atom is -0.463 e. The second kappa shape index (κ2) is 10.9. The Bertz CT molecular complexity index is 169. The van der Waals surface area contributed by atoms with Gasteiger partial charge in [0.15, 0.2) is 0 Å². The normalized spacial score (nSPS) is 12.4. The lowest BCUT2D eigenvalue weighted by Crippen LogP contribution is -2.13. The van der Waals surface area contributed by atoms with Crippen LogP contribution in [-0.4, -0.2) is 23.8 Å². The highest BCUT2D eigenvalue weighted by Crippen LogP contribution is 2.10. The van der Waals surface area contributed by atoms with Gasteiger partial charge < -0.3 is 9.84 Å². The van der Waals surface area contributed by atoms with Crippen LogP contribution in [0.15, 0.2) is 0 Å². The Balaban J connectivity index is 3.21. The highest BCUT2D eigenvalue weighted by molar-refractivity contribution is 5.69. The molecule has 16 heavy (non-hydrogen) atoms. The molecule has 3 heteroatoms. The number of aliphatic hydroxyl groups excluding tert-OH is 1. The van der Waals surface area contributed by atoms with Crippen molar-refractivity contribution in [2.24, 2.45) is 0 Å². The topological polar surface area (TPSA) is 46.5 Å². The van der Waals surface area contributed by atoms with Gasteiger partial charge in [0, 0.05) is 13.0 Å². The molecule has 0 fully saturated rings. The summed E-state index contributed by atoms with van der Waals surface area (Å²) in [5, 5.41) is 8.60. The Morgan fingerprint density at radius 2 is 1.69 bits per heavy atom. The molecule has 1 atom stereocenters. The molecule has 0 bridgehead atoms. The van der Waals surface area contributed by atoms with E-state index in [0.29, 0.717) is 13.0 Å². The highest BCUT2D eigenvalue weighted by Gasteiger charge is 2.06. The first-order valence-electron chi connectivity index (χ1n) is 6.51. The third-order valence-corrected chi connectivity index (χ3v) is 2.64. The van der Waals surface area contributed by atoms with Crippen LogP contribution in [0.5, 0.6) is 0 Å². The van der Waals surface area contributed by atoms with Crippen LogP contribution in [-0.2, 0) is 9.53 Å². The molecule has 0 heterocycles. The van der Waals surface area contributed by atoms with Crippen molar-refractivity contribution in [2.75, 3.05) is 6.61 Å². The smallest absolute Gasteiger partial charge is 0.305 e. The molecule has 0 rings (SSSR count). The maximum atomic E-state index is 11.0. The third kappa shape index (κ3) is 9.97. The fourth-order valence-electron chi connectivity index (χ4n) is 1.62. The minimum absolute atomic E-state index is 0.0601. The maximum Gasteiger partial charge on any atom is 0.305 e. The number of carbonyl (C=O) groups is 1. The summed E-state index contributed by atoms with van der Waals surface area (Å²) in [5.74, 6) is -0.101. The zero-order chi connectivity index (χ0) is 12.2. The summed E-state index contributed by atoms with van der Waals surface area (Å²) < 4.78 is 5.17. The molecule has 96 valence electrons. The summed E-state index contributed by atoms with van der Waals surface area (Å²) in [4.78, 5) is 11.0.